The third kappa shape index (κ3) is 5.33. The van der Waals surface area contributed by atoms with Crippen molar-refractivity contribution in [2.45, 2.75) is 32.1 Å². The largest absolute Gasteiger partial charge is 0.353 e. The average Bonchev–Trinajstić information content (AvgIpc) is 3.63. The first kappa shape index (κ1) is 23.6. The molecule has 4 rings (SSSR count). The van der Waals surface area contributed by atoms with Gasteiger partial charge in [-0.2, -0.15) is 4.39 Å². The molecule has 0 atom stereocenters. The number of anilines is 5. The van der Waals surface area contributed by atoms with Crippen LogP contribution in [0.15, 0.2) is 48.7 Å². The SMILES string of the molecule is CCC(=O)c1cnc(Nc2cccc(F)n2)cc1Nc1ccc(C2CC2)cc1N(C)S(C)(=O)=O. The van der Waals surface area contributed by atoms with Gasteiger partial charge in [-0.3, -0.25) is 9.10 Å². The fraction of sp³-hybridized carbons (Fsp3) is 0.292. The van der Waals surface area contributed by atoms with E-state index in [1.165, 1.54) is 29.7 Å². The number of hydrogen-bond acceptors (Lipinski definition) is 7. The third-order valence-electron chi connectivity index (χ3n) is 5.67. The van der Waals surface area contributed by atoms with Gasteiger partial charge in [0.1, 0.15) is 11.6 Å². The van der Waals surface area contributed by atoms with Gasteiger partial charge in [-0.05, 0) is 48.6 Å². The van der Waals surface area contributed by atoms with Gasteiger partial charge < -0.3 is 10.6 Å². The molecule has 0 unspecified atom stereocenters. The van der Waals surface area contributed by atoms with Crippen LogP contribution in [0.25, 0.3) is 0 Å². The number of Topliss-reactive ketones (excluding diaryl/α,β-unsaturated/α-hetero) is 1. The molecule has 0 saturated heterocycles. The van der Waals surface area contributed by atoms with Crippen molar-refractivity contribution in [1.82, 2.24) is 9.97 Å². The maximum atomic E-state index is 13.5. The number of pyridine rings is 2. The lowest BCUT2D eigenvalue weighted by atomic mass is 10.1. The third-order valence-corrected chi connectivity index (χ3v) is 6.86. The lowest BCUT2D eigenvalue weighted by Crippen LogP contribution is -2.25. The Morgan fingerprint density at radius 2 is 1.88 bits per heavy atom. The molecule has 2 N–H and O–H groups in total. The maximum Gasteiger partial charge on any atom is 0.232 e. The molecule has 0 spiro atoms. The predicted molar refractivity (Wildman–Crippen MR) is 131 cm³/mol. The van der Waals surface area contributed by atoms with E-state index in [0.29, 0.717) is 34.4 Å². The number of ketones is 1. The molecule has 1 fully saturated rings. The van der Waals surface area contributed by atoms with Crippen molar-refractivity contribution in [3.05, 3.63) is 65.7 Å². The van der Waals surface area contributed by atoms with E-state index in [0.717, 1.165) is 24.7 Å². The van der Waals surface area contributed by atoms with Crippen LogP contribution in [0.4, 0.5) is 33.1 Å². The number of hydrogen-bond donors (Lipinski definition) is 2. The molecular weight excluding hydrogens is 457 g/mol. The first-order chi connectivity index (χ1) is 16.2. The van der Waals surface area contributed by atoms with Gasteiger partial charge in [-0.15, -0.1) is 0 Å². The Kier molecular flexibility index (Phi) is 6.52. The number of nitrogens with one attached hydrogen (secondary N) is 2. The number of aromatic nitrogens is 2. The number of benzene rings is 1. The van der Waals surface area contributed by atoms with Crippen LogP contribution in [-0.2, 0) is 10.0 Å². The smallest absolute Gasteiger partial charge is 0.232 e. The summed E-state index contributed by atoms with van der Waals surface area (Å²) >= 11 is 0. The van der Waals surface area contributed by atoms with E-state index < -0.39 is 16.0 Å². The van der Waals surface area contributed by atoms with Crippen molar-refractivity contribution in [1.29, 1.82) is 0 Å². The van der Waals surface area contributed by atoms with E-state index in [1.807, 2.05) is 18.2 Å². The minimum absolute atomic E-state index is 0.127. The molecule has 2 aromatic heterocycles. The standard InChI is InChI=1S/C24H26FN5O3S/c1-4-21(31)17-14-26-24(29-23-7-5-6-22(25)28-23)13-19(17)27-18-11-10-16(15-8-9-15)12-20(18)30(2)34(3,32)33/h5-7,10-15H,4,8-9H2,1-3H3,(H2,26,27,28,29). The molecule has 10 heteroatoms. The normalized spacial score (nSPS) is 13.4. The van der Waals surface area contributed by atoms with Crippen LogP contribution in [0.3, 0.4) is 0 Å². The highest BCUT2D eigenvalue weighted by Gasteiger charge is 2.26. The minimum atomic E-state index is -3.52. The number of nitrogens with zero attached hydrogens (tertiary/aromatic N) is 3. The highest BCUT2D eigenvalue weighted by atomic mass is 32.2. The molecule has 1 aromatic carbocycles. The number of halogens is 1. The van der Waals surface area contributed by atoms with E-state index in [1.54, 1.807) is 19.1 Å². The van der Waals surface area contributed by atoms with Crippen LogP contribution in [-0.4, -0.2) is 37.5 Å². The summed E-state index contributed by atoms with van der Waals surface area (Å²) in [6, 6.07) is 11.6. The molecule has 0 bridgehead atoms. The Hall–Kier alpha value is -3.53. The Bertz CT molecular complexity index is 1340. The average molecular weight is 484 g/mol. The quantitative estimate of drug-likeness (QED) is 0.327. The number of carbonyl (C=O) groups is 1. The van der Waals surface area contributed by atoms with Crippen LogP contribution in [0.5, 0.6) is 0 Å². The maximum absolute atomic E-state index is 13.5. The first-order valence-electron chi connectivity index (χ1n) is 10.9. The second-order valence-electron chi connectivity index (χ2n) is 8.27. The number of sulfonamides is 1. The van der Waals surface area contributed by atoms with Gasteiger partial charge in [-0.25, -0.2) is 18.4 Å². The van der Waals surface area contributed by atoms with Crippen molar-refractivity contribution in [3.8, 4) is 0 Å². The summed E-state index contributed by atoms with van der Waals surface area (Å²) in [7, 11) is -2.02. The second-order valence-corrected chi connectivity index (χ2v) is 10.3. The van der Waals surface area contributed by atoms with E-state index in [4.69, 9.17) is 0 Å². The molecule has 0 amide bonds. The van der Waals surface area contributed by atoms with Gasteiger partial charge >= 0.3 is 0 Å². The summed E-state index contributed by atoms with van der Waals surface area (Å²) < 4.78 is 39.4. The Morgan fingerprint density at radius 3 is 2.53 bits per heavy atom. The van der Waals surface area contributed by atoms with E-state index in [2.05, 4.69) is 20.6 Å². The molecule has 1 saturated carbocycles. The molecule has 34 heavy (non-hydrogen) atoms. The highest BCUT2D eigenvalue weighted by Crippen LogP contribution is 2.43. The van der Waals surface area contributed by atoms with Crippen molar-refractivity contribution in [2.24, 2.45) is 0 Å². The van der Waals surface area contributed by atoms with Crippen molar-refractivity contribution in [3.63, 3.8) is 0 Å². The Labute approximate surface area is 198 Å². The van der Waals surface area contributed by atoms with Crippen LogP contribution in [0.2, 0.25) is 0 Å². The molecule has 178 valence electrons. The zero-order valence-electron chi connectivity index (χ0n) is 19.2. The van der Waals surface area contributed by atoms with Gasteiger partial charge in [0.2, 0.25) is 16.0 Å². The van der Waals surface area contributed by atoms with E-state index >= 15 is 0 Å². The minimum Gasteiger partial charge on any atom is -0.353 e. The van der Waals surface area contributed by atoms with Crippen LogP contribution < -0.4 is 14.9 Å². The molecule has 0 radical (unpaired) electrons. The van der Waals surface area contributed by atoms with Gasteiger partial charge in [0, 0.05) is 25.7 Å². The zero-order valence-corrected chi connectivity index (χ0v) is 20.0. The van der Waals surface area contributed by atoms with Crippen molar-refractivity contribution < 1.29 is 17.6 Å². The van der Waals surface area contributed by atoms with E-state index in [9.17, 15) is 17.6 Å². The molecule has 0 aliphatic heterocycles. The van der Waals surface area contributed by atoms with Gasteiger partial charge in [0.05, 0.1) is 28.9 Å². The fourth-order valence-electron chi connectivity index (χ4n) is 3.56. The molecule has 1 aliphatic carbocycles. The summed E-state index contributed by atoms with van der Waals surface area (Å²) in [6.07, 6.45) is 5.02. The fourth-order valence-corrected chi connectivity index (χ4v) is 4.07. The number of carbonyl (C=O) groups excluding carboxylic acids is 1. The second kappa shape index (κ2) is 9.38. The van der Waals surface area contributed by atoms with Gasteiger partial charge in [-0.1, -0.05) is 19.1 Å². The first-order valence-corrected chi connectivity index (χ1v) is 12.8. The highest BCUT2D eigenvalue weighted by molar-refractivity contribution is 7.92. The van der Waals surface area contributed by atoms with Crippen molar-refractivity contribution in [2.75, 3.05) is 28.2 Å². The Morgan fingerprint density at radius 1 is 1.12 bits per heavy atom. The van der Waals surface area contributed by atoms with E-state index in [-0.39, 0.29) is 18.0 Å². The molecule has 3 aromatic rings. The lowest BCUT2D eigenvalue weighted by Gasteiger charge is -2.23. The summed E-state index contributed by atoms with van der Waals surface area (Å²) in [4.78, 5) is 20.7. The summed E-state index contributed by atoms with van der Waals surface area (Å²) in [6.45, 7) is 1.75. The van der Waals surface area contributed by atoms with Gasteiger partial charge in [0.15, 0.2) is 5.78 Å². The van der Waals surface area contributed by atoms with Crippen molar-refractivity contribution >= 4 is 44.5 Å². The monoisotopic (exact) mass is 483 g/mol. The predicted octanol–water partition coefficient (Wildman–Crippen LogP) is 4.97. The molecule has 2 heterocycles. The zero-order chi connectivity index (χ0) is 24.5. The number of rotatable bonds is 9. The van der Waals surface area contributed by atoms with Crippen LogP contribution in [0.1, 0.15) is 48.0 Å². The summed E-state index contributed by atoms with van der Waals surface area (Å²) in [5.41, 5.74) is 2.90. The Balaban J connectivity index is 1.75. The molecular formula is C24H26FN5O3S. The summed E-state index contributed by atoms with van der Waals surface area (Å²) in [5.74, 6) is 0.289. The molecule has 8 nitrogen and oxygen atoms in total. The summed E-state index contributed by atoms with van der Waals surface area (Å²) in [5, 5.41) is 6.16. The topological polar surface area (TPSA) is 104 Å². The van der Waals surface area contributed by atoms with Crippen LogP contribution in [0, 0.1) is 5.95 Å². The van der Waals surface area contributed by atoms with Gasteiger partial charge in [0.25, 0.3) is 0 Å². The lowest BCUT2D eigenvalue weighted by molar-refractivity contribution is 0.0988. The van der Waals surface area contributed by atoms with Crippen LogP contribution >= 0.6 is 0 Å². The molecule has 1 aliphatic rings.